The monoisotopic (exact) mass is 131 g/mol. The van der Waals surface area contributed by atoms with E-state index in [0.717, 1.165) is 0 Å². The van der Waals surface area contributed by atoms with Crippen LogP contribution >= 0.6 is 0 Å². The summed E-state index contributed by atoms with van der Waals surface area (Å²) in [7, 11) is 0. The van der Waals surface area contributed by atoms with Gasteiger partial charge >= 0.3 is 0 Å². The van der Waals surface area contributed by atoms with E-state index in [1.54, 1.807) is 0 Å². The van der Waals surface area contributed by atoms with Gasteiger partial charge in [0.25, 0.3) is 0 Å². The van der Waals surface area contributed by atoms with E-state index in [9.17, 15) is 4.91 Å². The van der Waals surface area contributed by atoms with E-state index in [-0.39, 0.29) is 6.42 Å². The van der Waals surface area contributed by atoms with E-state index in [4.69, 9.17) is 10.2 Å². The molecule has 4 heteroatoms. The van der Waals surface area contributed by atoms with Gasteiger partial charge < -0.3 is 10.2 Å². The van der Waals surface area contributed by atoms with Crippen molar-refractivity contribution in [2.24, 2.45) is 5.18 Å². The van der Waals surface area contributed by atoms with E-state index in [1.165, 1.54) is 6.08 Å². The topological polar surface area (TPSA) is 69.9 Å². The first-order valence-electron chi connectivity index (χ1n) is 2.52. The smallest absolute Gasteiger partial charge is 0.153 e. The fourth-order valence-corrected chi connectivity index (χ4v) is 0.398. The maximum atomic E-state index is 9.73. The second-order valence-corrected chi connectivity index (χ2v) is 1.62. The van der Waals surface area contributed by atoms with Crippen LogP contribution < -0.4 is 0 Å². The van der Waals surface area contributed by atoms with Crippen LogP contribution in [0.5, 0.6) is 0 Å². The number of hydrogen-bond acceptors (Lipinski definition) is 4. The van der Waals surface area contributed by atoms with Crippen molar-refractivity contribution in [3.63, 3.8) is 0 Å². The van der Waals surface area contributed by atoms with Crippen molar-refractivity contribution in [2.45, 2.75) is 18.8 Å². The predicted octanol–water partition coefficient (Wildman–Crippen LogP) is 0.00820. The molecule has 0 aliphatic heterocycles. The molecular weight excluding hydrogens is 122 g/mol. The summed E-state index contributed by atoms with van der Waals surface area (Å²) in [5.74, 6) is 0. The molecule has 0 amide bonds. The summed E-state index contributed by atoms with van der Waals surface area (Å²) < 4.78 is 0. The zero-order valence-electron chi connectivity index (χ0n) is 4.90. The summed E-state index contributed by atoms with van der Waals surface area (Å²) in [4.78, 5) is 9.73. The Kier molecular flexibility index (Phi) is 3.83. The quantitative estimate of drug-likeness (QED) is 0.320. The molecule has 0 radical (unpaired) electrons. The lowest BCUT2D eigenvalue weighted by molar-refractivity contribution is -0.0466. The lowest BCUT2D eigenvalue weighted by Crippen LogP contribution is -2.12. The van der Waals surface area contributed by atoms with E-state index >= 15 is 0 Å². The van der Waals surface area contributed by atoms with Crippen LogP contribution in [0, 0.1) is 4.91 Å². The van der Waals surface area contributed by atoms with Gasteiger partial charge in [0, 0.05) is 6.42 Å². The predicted molar refractivity (Wildman–Crippen MR) is 32.6 cm³/mol. The third-order valence-corrected chi connectivity index (χ3v) is 0.860. The second kappa shape index (κ2) is 4.17. The van der Waals surface area contributed by atoms with Gasteiger partial charge in [-0.15, -0.1) is 6.58 Å². The van der Waals surface area contributed by atoms with E-state index in [1.807, 2.05) is 0 Å². The molecule has 0 saturated heterocycles. The van der Waals surface area contributed by atoms with Gasteiger partial charge in [0.2, 0.25) is 0 Å². The van der Waals surface area contributed by atoms with Gasteiger partial charge in [0.05, 0.1) is 0 Å². The molecule has 0 rings (SSSR count). The first-order valence-corrected chi connectivity index (χ1v) is 2.52. The Morgan fingerprint density at radius 2 is 2.22 bits per heavy atom. The first kappa shape index (κ1) is 8.26. The number of hydrogen-bond donors (Lipinski definition) is 2. The largest absolute Gasteiger partial charge is 0.368 e. The zero-order chi connectivity index (χ0) is 7.28. The maximum absolute atomic E-state index is 9.73. The van der Waals surface area contributed by atoms with Gasteiger partial charge in [-0.25, -0.2) is 0 Å². The maximum Gasteiger partial charge on any atom is 0.153 e. The highest BCUT2D eigenvalue weighted by Gasteiger charge is 2.07. The summed E-state index contributed by atoms with van der Waals surface area (Å²) in [6.07, 6.45) is -0.287. The summed E-state index contributed by atoms with van der Waals surface area (Å²) in [5.41, 5.74) is 0. The Balaban J connectivity index is 3.55. The molecule has 0 bridgehead atoms. The third-order valence-electron chi connectivity index (χ3n) is 0.860. The summed E-state index contributed by atoms with van der Waals surface area (Å²) in [6.45, 7) is 3.27. The number of nitroso groups, excluding NO2 is 1. The number of rotatable bonds is 4. The van der Waals surface area contributed by atoms with Crippen LogP contribution in [0.1, 0.15) is 6.42 Å². The molecule has 2 N–H and O–H groups in total. The molecule has 0 aliphatic carbocycles. The second-order valence-electron chi connectivity index (χ2n) is 1.62. The van der Waals surface area contributed by atoms with Crippen LogP contribution in [0.4, 0.5) is 0 Å². The lowest BCUT2D eigenvalue weighted by atomic mass is 10.2. The SMILES string of the molecule is C=CC(CC(O)O)N=O. The molecular formula is C5H9NO3. The van der Waals surface area contributed by atoms with Crippen molar-refractivity contribution in [2.75, 3.05) is 0 Å². The standard InChI is InChI=1S/C5H9NO3/c1-2-4(6-9)3-5(7)8/h2,4-5,7-8H,1,3H2. The molecule has 0 aromatic carbocycles. The lowest BCUT2D eigenvalue weighted by Gasteiger charge is -2.03. The van der Waals surface area contributed by atoms with Gasteiger partial charge in [-0.05, 0) is 0 Å². The van der Waals surface area contributed by atoms with Crippen LogP contribution in [0.25, 0.3) is 0 Å². The molecule has 9 heavy (non-hydrogen) atoms. The Labute approximate surface area is 52.8 Å². The Morgan fingerprint density at radius 3 is 2.33 bits per heavy atom. The minimum atomic E-state index is -1.48. The highest BCUT2D eigenvalue weighted by atomic mass is 16.5. The van der Waals surface area contributed by atoms with Crippen LogP contribution in [0.2, 0.25) is 0 Å². The minimum Gasteiger partial charge on any atom is -0.368 e. The van der Waals surface area contributed by atoms with Gasteiger partial charge in [0.1, 0.15) is 6.04 Å². The third kappa shape index (κ3) is 3.81. The molecule has 0 spiro atoms. The number of nitrogens with zero attached hydrogens (tertiary/aromatic N) is 1. The summed E-state index contributed by atoms with van der Waals surface area (Å²) >= 11 is 0. The highest BCUT2D eigenvalue weighted by molar-refractivity contribution is 4.85. The fourth-order valence-electron chi connectivity index (χ4n) is 0.398. The average molecular weight is 131 g/mol. The highest BCUT2D eigenvalue weighted by Crippen LogP contribution is 2.00. The summed E-state index contributed by atoms with van der Waals surface area (Å²) in [5, 5.41) is 19.1. The molecule has 52 valence electrons. The molecule has 0 aromatic rings. The van der Waals surface area contributed by atoms with E-state index in [0.29, 0.717) is 0 Å². The van der Waals surface area contributed by atoms with Crippen molar-refractivity contribution in [3.05, 3.63) is 17.6 Å². The molecule has 0 heterocycles. The molecule has 0 aromatic heterocycles. The van der Waals surface area contributed by atoms with Gasteiger partial charge in [-0.1, -0.05) is 11.3 Å². The summed E-state index contributed by atoms with van der Waals surface area (Å²) in [6, 6.07) is -0.690. The minimum absolute atomic E-state index is 0.0764. The van der Waals surface area contributed by atoms with Crippen molar-refractivity contribution < 1.29 is 10.2 Å². The molecule has 4 nitrogen and oxygen atoms in total. The van der Waals surface area contributed by atoms with E-state index < -0.39 is 12.3 Å². The van der Waals surface area contributed by atoms with Gasteiger partial charge in [0.15, 0.2) is 6.29 Å². The molecule has 1 atom stereocenters. The Morgan fingerprint density at radius 1 is 1.67 bits per heavy atom. The van der Waals surface area contributed by atoms with E-state index in [2.05, 4.69) is 11.8 Å². The van der Waals surface area contributed by atoms with Crippen molar-refractivity contribution in [1.29, 1.82) is 0 Å². The zero-order valence-corrected chi connectivity index (χ0v) is 4.90. The fraction of sp³-hybridized carbons (Fsp3) is 0.600. The van der Waals surface area contributed by atoms with Crippen LogP contribution in [-0.4, -0.2) is 22.5 Å². The average Bonchev–Trinajstić information content (AvgIpc) is 1.82. The molecule has 0 fully saturated rings. The molecule has 0 aliphatic rings. The molecule has 1 unspecified atom stereocenters. The normalized spacial score (nSPS) is 13.2. The van der Waals surface area contributed by atoms with Crippen LogP contribution in [0.15, 0.2) is 17.8 Å². The van der Waals surface area contributed by atoms with Crippen LogP contribution in [-0.2, 0) is 0 Å². The van der Waals surface area contributed by atoms with Crippen LogP contribution in [0.3, 0.4) is 0 Å². The van der Waals surface area contributed by atoms with Crippen molar-refractivity contribution >= 4 is 0 Å². The number of aliphatic hydroxyl groups excluding tert-OH is 1. The Bertz CT molecular complexity index is 94.4. The molecule has 0 saturated carbocycles. The number of aliphatic hydroxyl groups is 2. The van der Waals surface area contributed by atoms with Crippen molar-refractivity contribution in [3.8, 4) is 0 Å². The van der Waals surface area contributed by atoms with Crippen molar-refractivity contribution in [1.82, 2.24) is 0 Å². The van der Waals surface area contributed by atoms with Gasteiger partial charge in [-0.2, -0.15) is 4.91 Å². The van der Waals surface area contributed by atoms with Gasteiger partial charge in [-0.3, -0.25) is 0 Å². The Hall–Kier alpha value is -0.740. The first-order chi connectivity index (χ1) is 4.20.